The van der Waals surface area contributed by atoms with Crippen molar-refractivity contribution in [1.29, 1.82) is 0 Å². The standard InChI is InChI=1S/C26H28N2O3/c1-20(26(30)27-18-22-11-7-4-8-12-22)28(19-23-13-15-24(31-2)16-14-23)25(29)17-21-9-5-3-6-10-21/h3-16,20H,17-19H2,1-2H3,(H,27,30). The van der Waals surface area contributed by atoms with E-state index in [4.69, 9.17) is 4.74 Å². The van der Waals surface area contributed by atoms with Crippen LogP contribution in [0.5, 0.6) is 5.75 Å². The van der Waals surface area contributed by atoms with Crippen molar-refractivity contribution in [3.05, 3.63) is 102 Å². The minimum Gasteiger partial charge on any atom is -0.497 e. The molecule has 3 aromatic rings. The van der Waals surface area contributed by atoms with Crippen LogP contribution in [0.1, 0.15) is 23.6 Å². The van der Waals surface area contributed by atoms with E-state index in [1.165, 1.54) is 0 Å². The number of amides is 2. The quantitative estimate of drug-likeness (QED) is 0.574. The highest BCUT2D eigenvalue weighted by Gasteiger charge is 2.26. The SMILES string of the molecule is COc1ccc(CN(C(=O)Cc2ccccc2)C(C)C(=O)NCc2ccccc2)cc1. The molecule has 0 spiro atoms. The maximum Gasteiger partial charge on any atom is 0.242 e. The van der Waals surface area contributed by atoms with Crippen LogP contribution < -0.4 is 10.1 Å². The lowest BCUT2D eigenvalue weighted by molar-refractivity contribution is -0.140. The number of carbonyl (C=O) groups is 2. The Balaban J connectivity index is 1.73. The van der Waals surface area contributed by atoms with Gasteiger partial charge in [0.05, 0.1) is 13.5 Å². The van der Waals surface area contributed by atoms with Gasteiger partial charge in [0.1, 0.15) is 11.8 Å². The van der Waals surface area contributed by atoms with Crippen molar-refractivity contribution in [1.82, 2.24) is 10.2 Å². The summed E-state index contributed by atoms with van der Waals surface area (Å²) in [5.74, 6) is 0.475. The van der Waals surface area contributed by atoms with Gasteiger partial charge in [-0.05, 0) is 35.7 Å². The van der Waals surface area contributed by atoms with Crippen LogP contribution >= 0.6 is 0 Å². The number of hydrogen-bond acceptors (Lipinski definition) is 3. The lowest BCUT2D eigenvalue weighted by atomic mass is 10.1. The number of methoxy groups -OCH3 is 1. The van der Waals surface area contributed by atoms with Gasteiger partial charge in [-0.3, -0.25) is 9.59 Å². The Labute approximate surface area is 183 Å². The first-order valence-corrected chi connectivity index (χ1v) is 10.3. The average Bonchev–Trinajstić information content (AvgIpc) is 2.82. The topological polar surface area (TPSA) is 58.6 Å². The van der Waals surface area contributed by atoms with Crippen LogP contribution in [-0.2, 0) is 29.1 Å². The molecule has 0 bridgehead atoms. The van der Waals surface area contributed by atoms with E-state index in [9.17, 15) is 9.59 Å². The Morgan fingerprint density at radius 2 is 1.42 bits per heavy atom. The highest BCUT2D eigenvalue weighted by molar-refractivity contribution is 5.88. The number of nitrogens with one attached hydrogen (secondary N) is 1. The number of benzene rings is 3. The number of carbonyl (C=O) groups excluding carboxylic acids is 2. The normalized spacial score (nSPS) is 11.4. The monoisotopic (exact) mass is 416 g/mol. The zero-order valence-corrected chi connectivity index (χ0v) is 18.0. The molecule has 3 rings (SSSR count). The second kappa shape index (κ2) is 11.0. The second-order valence-corrected chi connectivity index (χ2v) is 7.41. The molecule has 0 aliphatic rings. The molecule has 0 aromatic heterocycles. The van der Waals surface area contributed by atoms with Gasteiger partial charge in [-0.15, -0.1) is 0 Å². The molecule has 0 radical (unpaired) electrons. The molecule has 0 fully saturated rings. The van der Waals surface area contributed by atoms with Crippen molar-refractivity contribution in [3.63, 3.8) is 0 Å². The van der Waals surface area contributed by atoms with Gasteiger partial charge >= 0.3 is 0 Å². The summed E-state index contributed by atoms with van der Waals surface area (Å²) in [5.41, 5.74) is 2.87. The van der Waals surface area contributed by atoms with Gasteiger partial charge in [0.2, 0.25) is 11.8 Å². The van der Waals surface area contributed by atoms with Crippen molar-refractivity contribution >= 4 is 11.8 Å². The van der Waals surface area contributed by atoms with Crippen LogP contribution in [0, 0.1) is 0 Å². The Morgan fingerprint density at radius 3 is 2.00 bits per heavy atom. The van der Waals surface area contributed by atoms with Crippen LogP contribution in [-0.4, -0.2) is 29.9 Å². The van der Waals surface area contributed by atoms with Crippen LogP contribution in [0.15, 0.2) is 84.9 Å². The van der Waals surface area contributed by atoms with Crippen molar-refractivity contribution in [2.75, 3.05) is 7.11 Å². The largest absolute Gasteiger partial charge is 0.497 e. The molecular weight excluding hydrogens is 388 g/mol. The molecule has 1 N–H and O–H groups in total. The fourth-order valence-corrected chi connectivity index (χ4v) is 3.32. The third-order valence-corrected chi connectivity index (χ3v) is 5.19. The van der Waals surface area contributed by atoms with Gasteiger partial charge in [-0.1, -0.05) is 72.8 Å². The fraction of sp³-hybridized carbons (Fsp3) is 0.231. The number of rotatable bonds is 9. The van der Waals surface area contributed by atoms with E-state index in [0.29, 0.717) is 13.1 Å². The zero-order chi connectivity index (χ0) is 22.1. The Hall–Kier alpha value is -3.60. The number of hydrogen-bond donors (Lipinski definition) is 1. The van der Waals surface area contributed by atoms with Crippen LogP contribution in [0.3, 0.4) is 0 Å². The first kappa shape index (κ1) is 22.1. The predicted octanol–water partition coefficient (Wildman–Crippen LogP) is 3.97. The van der Waals surface area contributed by atoms with E-state index in [-0.39, 0.29) is 18.2 Å². The van der Waals surface area contributed by atoms with Gasteiger partial charge < -0.3 is 15.0 Å². The molecule has 160 valence electrons. The minimum absolute atomic E-state index is 0.0932. The van der Waals surface area contributed by atoms with Gasteiger partial charge in [-0.25, -0.2) is 0 Å². The first-order chi connectivity index (χ1) is 15.1. The summed E-state index contributed by atoms with van der Waals surface area (Å²) >= 11 is 0. The van der Waals surface area contributed by atoms with Gasteiger partial charge in [0.25, 0.3) is 0 Å². The maximum absolute atomic E-state index is 13.2. The summed E-state index contributed by atoms with van der Waals surface area (Å²) < 4.78 is 5.22. The molecule has 31 heavy (non-hydrogen) atoms. The predicted molar refractivity (Wildman–Crippen MR) is 121 cm³/mol. The van der Waals surface area contributed by atoms with Gasteiger partial charge in [0, 0.05) is 13.1 Å². The summed E-state index contributed by atoms with van der Waals surface area (Å²) in [6, 6.07) is 26.2. The van der Waals surface area contributed by atoms with E-state index in [0.717, 1.165) is 22.4 Å². The number of nitrogens with zero attached hydrogens (tertiary/aromatic N) is 1. The summed E-state index contributed by atoms with van der Waals surface area (Å²) in [6.45, 7) is 2.54. The smallest absolute Gasteiger partial charge is 0.242 e. The van der Waals surface area contributed by atoms with Gasteiger partial charge in [0.15, 0.2) is 0 Å². The van der Waals surface area contributed by atoms with Crippen LogP contribution in [0.2, 0.25) is 0 Å². The Kier molecular flexibility index (Phi) is 7.82. The number of ether oxygens (including phenoxy) is 1. The van der Waals surface area contributed by atoms with Crippen molar-refractivity contribution in [2.24, 2.45) is 0 Å². The molecule has 1 atom stereocenters. The highest BCUT2D eigenvalue weighted by Crippen LogP contribution is 2.16. The van der Waals surface area contributed by atoms with E-state index in [2.05, 4.69) is 5.32 Å². The molecular formula is C26H28N2O3. The fourth-order valence-electron chi connectivity index (χ4n) is 3.32. The molecule has 5 heteroatoms. The van der Waals surface area contributed by atoms with Crippen molar-refractivity contribution in [2.45, 2.75) is 32.5 Å². The average molecular weight is 417 g/mol. The molecule has 5 nitrogen and oxygen atoms in total. The van der Waals surface area contributed by atoms with Crippen molar-refractivity contribution < 1.29 is 14.3 Å². The third-order valence-electron chi connectivity index (χ3n) is 5.19. The molecule has 0 heterocycles. The van der Waals surface area contributed by atoms with E-state index in [1.807, 2.05) is 84.9 Å². The Morgan fingerprint density at radius 1 is 0.839 bits per heavy atom. The molecule has 0 saturated carbocycles. The maximum atomic E-state index is 13.2. The summed E-state index contributed by atoms with van der Waals surface area (Å²) in [6.07, 6.45) is 0.243. The molecule has 0 aliphatic heterocycles. The molecule has 1 unspecified atom stereocenters. The van der Waals surface area contributed by atoms with Gasteiger partial charge in [-0.2, -0.15) is 0 Å². The molecule has 2 amide bonds. The Bertz CT molecular complexity index is 973. The molecule has 3 aromatic carbocycles. The molecule has 0 aliphatic carbocycles. The lowest BCUT2D eigenvalue weighted by Gasteiger charge is -2.29. The molecule has 0 saturated heterocycles. The summed E-state index contributed by atoms with van der Waals surface area (Å²) in [5, 5.41) is 2.95. The zero-order valence-electron chi connectivity index (χ0n) is 18.0. The van der Waals surface area contributed by atoms with Crippen LogP contribution in [0.4, 0.5) is 0 Å². The van der Waals surface area contributed by atoms with Crippen molar-refractivity contribution in [3.8, 4) is 5.75 Å². The summed E-state index contributed by atoms with van der Waals surface area (Å²) in [7, 11) is 1.61. The van der Waals surface area contributed by atoms with E-state index < -0.39 is 6.04 Å². The summed E-state index contributed by atoms with van der Waals surface area (Å²) in [4.78, 5) is 27.7. The highest BCUT2D eigenvalue weighted by atomic mass is 16.5. The first-order valence-electron chi connectivity index (χ1n) is 10.3. The van der Waals surface area contributed by atoms with E-state index >= 15 is 0 Å². The minimum atomic E-state index is -0.609. The van der Waals surface area contributed by atoms with Crippen LogP contribution in [0.25, 0.3) is 0 Å². The third kappa shape index (κ3) is 6.44. The second-order valence-electron chi connectivity index (χ2n) is 7.41. The lowest BCUT2D eigenvalue weighted by Crippen LogP contribution is -2.47. The van der Waals surface area contributed by atoms with E-state index in [1.54, 1.807) is 18.9 Å².